The molecular weight excluding hydrogens is 450 g/mol. The summed E-state index contributed by atoms with van der Waals surface area (Å²) in [5, 5.41) is 27.1. The second-order valence-corrected chi connectivity index (χ2v) is 8.24. The maximum Gasteiger partial charge on any atom is 0.274 e. The van der Waals surface area contributed by atoms with Gasteiger partial charge < -0.3 is 25.0 Å². The summed E-state index contributed by atoms with van der Waals surface area (Å²) in [6, 6.07) is 8.84. The molecule has 0 unspecified atom stereocenters. The highest BCUT2D eigenvalue weighted by atomic mass is 79.9. The number of nitrogens with one attached hydrogen (secondary N) is 1. The molecule has 1 aliphatic rings. The fraction of sp³-hybridized carbons (Fsp3) is 0.273. The number of phenols is 2. The van der Waals surface area contributed by atoms with Crippen molar-refractivity contribution in [2.75, 3.05) is 20.1 Å². The fourth-order valence-electron chi connectivity index (χ4n) is 3.72. The first-order chi connectivity index (χ1) is 14.4. The number of halogens is 1. The molecule has 0 saturated carbocycles. The number of hydrogen-bond donors (Lipinski definition) is 3. The van der Waals surface area contributed by atoms with Gasteiger partial charge in [0.15, 0.2) is 11.5 Å². The number of amides is 1. The minimum absolute atomic E-state index is 0.0980. The van der Waals surface area contributed by atoms with Gasteiger partial charge in [-0.25, -0.2) is 0 Å². The highest BCUT2D eigenvalue weighted by molar-refractivity contribution is 9.10. The summed E-state index contributed by atoms with van der Waals surface area (Å²) in [6.45, 7) is 4.12. The highest BCUT2D eigenvalue weighted by Crippen LogP contribution is 2.43. The summed E-state index contributed by atoms with van der Waals surface area (Å²) in [6.07, 6.45) is 0.910. The molecule has 30 heavy (non-hydrogen) atoms. The first-order valence-corrected chi connectivity index (χ1v) is 10.5. The summed E-state index contributed by atoms with van der Waals surface area (Å²) < 4.78 is 5.95. The van der Waals surface area contributed by atoms with Crippen molar-refractivity contribution >= 4 is 21.8 Å². The van der Waals surface area contributed by atoms with Gasteiger partial charge in [-0.1, -0.05) is 23.4 Å². The maximum absolute atomic E-state index is 12.7. The zero-order valence-corrected chi connectivity index (χ0v) is 18.3. The van der Waals surface area contributed by atoms with Gasteiger partial charge in [-0.3, -0.25) is 4.79 Å². The highest BCUT2D eigenvalue weighted by Gasteiger charge is 2.27. The van der Waals surface area contributed by atoms with Crippen LogP contribution in [0.1, 0.15) is 28.5 Å². The van der Waals surface area contributed by atoms with E-state index in [9.17, 15) is 15.0 Å². The summed E-state index contributed by atoms with van der Waals surface area (Å²) in [5.74, 6) is -0.353. The number of hydrogen-bond acceptors (Lipinski definition) is 6. The van der Waals surface area contributed by atoms with Crippen LogP contribution >= 0.6 is 15.9 Å². The molecule has 3 aromatic rings. The first kappa shape index (κ1) is 20.4. The van der Waals surface area contributed by atoms with Crippen LogP contribution in [-0.2, 0) is 13.0 Å². The lowest BCUT2D eigenvalue weighted by molar-refractivity contribution is 0.0947. The van der Waals surface area contributed by atoms with Crippen molar-refractivity contribution in [2.24, 2.45) is 0 Å². The zero-order valence-electron chi connectivity index (χ0n) is 16.7. The second kappa shape index (κ2) is 8.12. The number of fused-ring (bicyclic) bond motifs is 1. The van der Waals surface area contributed by atoms with Crippen molar-refractivity contribution < 1.29 is 19.5 Å². The number of carbonyl (C=O) groups excluding carboxylic acids is 1. The fourth-order valence-corrected chi connectivity index (χ4v) is 4.07. The number of aromatic hydroxyl groups is 2. The van der Waals surface area contributed by atoms with Crippen molar-refractivity contribution in [2.45, 2.75) is 19.9 Å². The van der Waals surface area contributed by atoms with Crippen molar-refractivity contribution in [3.05, 3.63) is 51.6 Å². The van der Waals surface area contributed by atoms with Gasteiger partial charge in [0.25, 0.3) is 5.91 Å². The van der Waals surface area contributed by atoms with Gasteiger partial charge in [0.05, 0.1) is 15.6 Å². The summed E-state index contributed by atoms with van der Waals surface area (Å²) in [5.41, 5.74) is 4.25. The Kier molecular flexibility index (Phi) is 5.53. The molecule has 7 nitrogen and oxygen atoms in total. The zero-order chi connectivity index (χ0) is 21.4. The standard InChI is InChI=1S/C22H22BrN3O4/c1-3-24-22(29)20-19(13-4-5-14-11-26(2)7-6-12(14)8-13)21(30-25-20)15-9-16(23)18(28)10-17(15)27/h4-5,8-10,27-28H,3,6-7,11H2,1-2H3,(H,24,29). The smallest absolute Gasteiger partial charge is 0.274 e. The van der Waals surface area contributed by atoms with E-state index in [1.807, 2.05) is 13.0 Å². The SMILES string of the molecule is CCNC(=O)c1noc(-c2cc(Br)c(O)cc2O)c1-c1ccc2c(c1)CCN(C)C2. The molecule has 156 valence electrons. The first-order valence-electron chi connectivity index (χ1n) is 9.69. The van der Waals surface area contributed by atoms with Crippen molar-refractivity contribution in [3.8, 4) is 33.9 Å². The average molecular weight is 472 g/mol. The molecule has 4 rings (SSSR count). The van der Waals surface area contributed by atoms with Crippen LogP contribution in [0.2, 0.25) is 0 Å². The second-order valence-electron chi connectivity index (χ2n) is 7.39. The molecule has 0 fully saturated rings. The Morgan fingerprint density at radius 2 is 2.03 bits per heavy atom. The van der Waals surface area contributed by atoms with E-state index in [4.69, 9.17) is 4.52 Å². The molecule has 0 aliphatic carbocycles. The molecule has 0 bridgehead atoms. The molecule has 1 aliphatic heterocycles. The van der Waals surface area contributed by atoms with Crippen LogP contribution in [0.5, 0.6) is 11.5 Å². The molecule has 1 amide bonds. The van der Waals surface area contributed by atoms with Crippen LogP contribution in [0.15, 0.2) is 39.3 Å². The molecule has 2 aromatic carbocycles. The van der Waals surface area contributed by atoms with E-state index in [1.165, 1.54) is 17.2 Å². The number of carbonyl (C=O) groups is 1. The van der Waals surface area contributed by atoms with Crippen LogP contribution in [0.25, 0.3) is 22.5 Å². The molecule has 0 spiro atoms. The number of likely N-dealkylation sites (N-methyl/N-ethyl adjacent to an activating group) is 1. The summed E-state index contributed by atoms with van der Waals surface area (Å²) in [7, 11) is 2.09. The van der Waals surface area contributed by atoms with Gasteiger partial charge in [-0.2, -0.15) is 0 Å². The Morgan fingerprint density at radius 3 is 2.80 bits per heavy atom. The van der Waals surface area contributed by atoms with Gasteiger partial charge in [0.2, 0.25) is 0 Å². The van der Waals surface area contributed by atoms with Crippen LogP contribution < -0.4 is 5.32 Å². The Morgan fingerprint density at radius 1 is 1.23 bits per heavy atom. The Bertz CT molecular complexity index is 1130. The Balaban J connectivity index is 1.90. The third-order valence-electron chi connectivity index (χ3n) is 5.25. The van der Waals surface area contributed by atoms with Gasteiger partial charge in [-0.05, 0) is 59.1 Å². The van der Waals surface area contributed by atoms with Crippen LogP contribution in [0.3, 0.4) is 0 Å². The lowest BCUT2D eigenvalue weighted by atomic mass is 9.92. The van der Waals surface area contributed by atoms with Crippen LogP contribution in [-0.4, -0.2) is 46.3 Å². The van der Waals surface area contributed by atoms with E-state index in [0.717, 1.165) is 25.1 Å². The number of aromatic nitrogens is 1. The Hall–Kier alpha value is -2.84. The largest absolute Gasteiger partial charge is 0.507 e. The quantitative estimate of drug-likeness (QED) is 0.533. The summed E-state index contributed by atoms with van der Waals surface area (Å²) >= 11 is 3.27. The van der Waals surface area contributed by atoms with E-state index in [-0.39, 0.29) is 28.9 Å². The van der Waals surface area contributed by atoms with Crippen LogP contribution in [0, 0.1) is 0 Å². The Labute approximate surface area is 182 Å². The lowest BCUT2D eigenvalue weighted by Crippen LogP contribution is -2.26. The van der Waals surface area contributed by atoms with Crippen LogP contribution in [0.4, 0.5) is 0 Å². The molecule has 0 saturated heterocycles. The van der Waals surface area contributed by atoms with Gasteiger partial charge >= 0.3 is 0 Å². The van der Waals surface area contributed by atoms with Crippen molar-refractivity contribution in [3.63, 3.8) is 0 Å². The molecular formula is C22H22BrN3O4. The van der Waals surface area contributed by atoms with E-state index < -0.39 is 0 Å². The van der Waals surface area contributed by atoms with Gasteiger partial charge in [-0.15, -0.1) is 0 Å². The predicted molar refractivity (Wildman–Crippen MR) is 116 cm³/mol. The third-order valence-corrected chi connectivity index (χ3v) is 5.89. The molecule has 8 heteroatoms. The van der Waals surface area contributed by atoms with Crippen molar-refractivity contribution in [1.29, 1.82) is 0 Å². The van der Waals surface area contributed by atoms with E-state index in [1.54, 1.807) is 6.07 Å². The minimum Gasteiger partial charge on any atom is -0.507 e. The summed E-state index contributed by atoms with van der Waals surface area (Å²) in [4.78, 5) is 14.9. The lowest BCUT2D eigenvalue weighted by Gasteiger charge is -2.25. The molecule has 1 aromatic heterocycles. The number of benzene rings is 2. The average Bonchev–Trinajstić information content (AvgIpc) is 3.15. The minimum atomic E-state index is -0.350. The van der Waals surface area contributed by atoms with Gasteiger partial charge in [0.1, 0.15) is 11.5 Å². The number of rotatable bonds is 4. The third kappa shape index (κ3) is 3.68. The van der Waals surface area contributed by atoms with E-state index in [0.29, 0.717) is 22.1 Å². The maximum atomic E-state index is 12.7. The molecule has 3 N–H and O–H groups in total. The van der Waals surface area contributed by atoms with Gasteiger partial charge in [0, 0.05) is 25.7 Å². The molecule has 0 atom stereocenters. The van der Waals surface area contributed by atoms with E-state index in [2.05, 4.69) is 50.5 Å². The topological polar surface area (TPSA) is 98.8 Å². The number of nitrogens with zero attached hydrogens (tertiary/aromatic N) is 2. The van der Waals surface area contributed by atoms with Crippen molar-refractivity contribution in [1.82, 2.24) is 15.4 Å². The normalized spacial score (nSPS) is 13.8. The molecule has 0 radical (unpaired) electrons. The van der Waals surface area contributed by atoms with E-state index >= 15 is 0 Å². The predicted octanol–water partition coefficient (Wildman–Crippen LogP) is 3.92. The monoisotopic (exact) mass is 471 g/mol. The number of phenolic OH excluding ortho intramolecular Hbond substituents is 2. The molecule has 2 heterocycles.